The van der Waals surface area contributed by atoms with Crippen molar-refractivity contribution in [2.24, 2.45) is 0 Å². The minimum atomic E-state index is 0.0283. The number of carbonyl (C=O) groups is 1. The Labute approximate surface area is 159 Å². The fourth-order valence-electron chi connectivity index (χ4n) is 3.48. The molecule has 0 aromatic heterocycles. The maximum absolute atomic E-state index is 12.9. The second kappa shape index (κ2) is 7.41. The van der Waals surface area contributed by atoms with Crippen molar-refractivity contribution in [3.05, 3.63) is 68.8 Å². The highest BCUT2D eigenvalue weighted by molar-refractivity contribution is 6.14. The molecule has 4 nitrogen and oxygen atoms in total. The summed E-state index contributed by atoms with van der Waals surface area (Å²) in [6.45, 7) is 8.45. The van der Waals surface area contributed by atoms with Gasteiger partial charge in [-0.1, -0.05) is 0 Å². The van der Waals surface area contributed by atoms with Crippen molar-refractivity contribution in [1.29, 1.82) is 0 Å². The molecule has 2 aromatic carbocycles. The van der Waals surface area contributed by atoms with E-state index in [1.54, 1.807) is 0 Å². The van der Waals surface area contributed by atoms with Crippen LogP contribution in [0.25, 0.3) is 12.2 Å². The molecule has 1 fully saturated rings. The average Bonchev–Trinajstić information content (AvgIpc) is 2.61. The van der Waals surface area contributed by atoms with E-state index in [0.29, 0.717) is 35.7 Å². The van der Waals surface area contributed by atoms with E-state index >= 15 is 0 Å². The summed E-state index contributed by atoms with van der Waals surface area (Å²) in [5.74, 6) is 0.619. The highest BCUT2D eigenvalue weighted by Gasteiger charge is 2.20. The van der Waals surface area contributed by atoms with Gasteiger partial charge in [0.05, 0.1) is 0 Å². The molecule has 140 valence electrons. The first-order valence-electron chi connectivity index (χ1n) is 9.03. The van der Waals surface area contributed by atoms with Gasteiger partial charge >= 0.3 is 0 Å². The molecule has 0 radical (unpaired) electrons. The Morgan fingerprint density at radius 2 is 1.07 bits per heavy atom. The van der Waals surface area contributed by atoms with E-state index in [1.165, 1.54) is 0 Å². The highest BCUT2D eigenvalue weighted by atomic mass is 16.3. The van der Waals surface area contributed by atoms with E-state index < -0.39 is 0 Å². The van der Waals surface area contributed by atoms with Crippen molar-refractivity contribution >= 4 is 17.9 Å². The van der Waals surface area contributed by atoms with E-state index in [2.05, 4.69) is 5.32 Å². The van der Waals surface area contributed by atoms with Crippen molar-refractivity contribution < 1.29 is 15.0 Å². The summed E-state index contributed by atoms with van der Waals surface area (Å²) in [6, 6.07) is 7.53. The van der Waals surface area contributed by atoms with Crippen LogP contribution in [-0.2, 0) is 4.79 Å². The van der Waals surface area contributed by atoms with Crippen LogP contribution in [0.3, 0.4) is 0 Å². The number of piperidine rings is 1. The predicted molar refractivity (Wildman–Crippen MR) is 109 cm³/mol. The molecule has 0 saturated carbocycles. The van der Waals surface area contributed by atoms with Crippen LogP contribution in [0.4, 0.5) is 0 Å². The van der Waals surface area contributed by atoms with Gasteiger partial charge in [-0.05, 0) is 97.5 Å². The predicted octanol–water partition coefficient (Wildman–Crippen LogP) is 3.97. The number of Topliss-reactive ketones (excluding diaryl/α,β-unsaturated/α-hetero) is 1. The van der Waals surface area contributed by atoms with Gasteiger partial charge in [0.1, 0.15) is 11.5 Å². The van der Waals surface area contributed by atoms with E-state index in [1.807, 2.05) is 64.1 Å². The van der Waals surface area contributed by atoms with Crippen LogP contribution in [0.15, 0.2) is 35.4 Å². The molecular weight excluding hydrogens is 338 g/mol. The average molecular weight is 363 g/mol. The minimum Gasteiger partial charge on any atom is -0.507 e. The van der Waals surface area contributed by atoms with Crippen LogP contribution in [0, 0.1) is 27.7 Å². The molecule has 27 heavy (non-hydrogen) atoms. The molecule has 1 saturated heterocycles. The van der Waals surface area contributed by atoms with Gasteiger partial charge in [-0.2, -0.15) is 0 Å². The molecular formula is C23H25NO3. The molecule has 3 N–H and O–H groups in total. The largest absolute Gasteiger partial charge is 0.507 e. The molecule has 4 heteroatoms. The lowest BCUT2D eigenvalue weighted by atomic mass is 9.94. The van der Waals surface area contributed by atoms with Gasteiger partial charge in [0.25, 0.3) is 0 Å². The van der Waals surface area contributed by atoms with E-state index in [4.69, 9.17) is 0 Å². The summed E-state index contributed by atoms with van der Waals surface area (Å²) in [4.78, 5) is 12.9. The maximum atomic E-state index is 12.9. The zero-order valence-corrected chi connectivity index (χ0v) is 16.2. The normalized spacial score (nSPS) is 17.7. The first-order valence-corrected chi connectivity index (χ1v) is 9.03. The second-order valence-corrected chi connectivity index (χ2v) is 7.28. The fourth-order valence-corrected chi connectivity index (χ4v) is 3.48. The summed E-state index contributed by atoms with van der Waals surface area (Å²) in [5, 5.41) is 23.1. The number of phenolic OH excluding ortho intramolecular Hbond substituents is 2. The molecule has 3 rings (SSSR count). The van der Waals surface area contributed by atoms with Gasteiger partial charge in [0.15, 0.2) is 5.78 Å². The van der Waals surface area contributed by atoms with Gasteiger partial charge in [-0.15, -0.1) is 0 Å². The lowest BCUT2D eigenvalue weighted by Crippen LogP contribution is -2.32. The molecule has 0 bridgehead atoms. The Morgan fingerprint density at radius 1 is 0.741 bits per heavy atom. The van der Waals surface area contributed by atoms with Gasteiger partial charge in [0.2, 0.25) is 0 Å². The number of hydrogen-bond acceptors (Lipinski definition) is 4. The Kier molecular flexibility index (Phi) is 5.19. The highest BCUT2D eigenvalue weighted by Crippen LogP contribution is 2.27. The van der Waals surface area contributed by atoms with Gasteiger partial charge in [0, 0.05) is 24.2 Å². The third-order valence-electron chi connectivity index (χ3n) is 4.92. The number of carbonyl (C=O) groups excluding carboxylic acids is 1. The number of ketones is 1. The van der Waals surface area contributed by atoms with Crippen LogP contribution >= 0.6 is 0 Å². The quantitative estimate of drug-likeness (QED) is 0.706. The van der Waals surface area contributed by atoms with Crippen LogP contribution < -0.4 is 5.32 Å². The summed E-state index contributed by atoms with van der Waals surface area (Å²) in [7, 11) is 0. The van der Waals surface area contributed by atoms with Crippen LogP contribution in [0.1, 0.15) is 33.4 Å². The molecule has 1 heterocycles. The van der Waals surface area contributed by atoms with E-state index in [0.717, 1.165) is 33.4 Å². The summed E-state index contributed by atoms with van der Waals surface area (Å²) in [5.41, 5.74) is 6.39. The molecule has 0 amide bonds. The molecule has 1 aliphatic heterocycles. The fraction of sp³-hybridized carbons (Fsp3) is 0.261. The van der Waals surface area contributed by atoms with Gasteiger partial charge < -0.3 is 15.5 Å². The minimum absolute atomic E-state index is 0.0283. The van der Waals surface area contributed by atoms with Gasteiger partial charge in [-0.3, -0.25) is 4.79 Å². The SMILES string of the molecule is Cc1cc(/C=C2\CNC/C(=C\c3cc(C)c(O)c(C)c3)C2=O)cc(C)c1O. The molecule has 0 spiro atoms. The number of nitrogens with one attached hydrogen (secondary N) is 1. The smallest absolute Gasteiger partial charge is 0.187 e. The Hall–Kier alpha value is -2.85. The molecule has 0 unspecified atom stereocenters. The summed E-state index contributed by atoms with van der Waals surface area (Å²) in [6.07, 6.45) is 3.77. The molecule has 0 atom stereocenters. The van der Waals surface area contributed by atoms with Crippen LogP contribution in [-0.4, -0.2) is 29.1 Å². The third-order valence-corrected chi connectivity index (χ3v) is 4.92. The standard InChI is InChI=1S/C23H25NO3/c1-13-5-17(6-14(2)21(13)25)9-19-11-24-12-20(23(19)27)10-18-7-15(3)22(26)16(4)8-18/h5-10,24-26H,11-12H2,1-4H3/b19-9+,20-10+. The Bertz CT molecular complexity index is 860. The van der Waals surface area contributed by atoms with Crippen LogP contribution in [0.2, 0.25) is 0 Å². The number of aryl methyl sites for hydroxylation is 4. The van der Waals surface area contributed by atoms with E-state index in [9.17, 15) is 15.0 Å². The first kappa shape index (κ1) is 18.9. The Balaban J connectivity index is 1.94. The lowest BCUT2D eigenvalue weighted by Gasteiger charge is -2.18. The number of aromatic hydroxyl groups is 2. The second-order valence-electron chi connectivity index (χ2n) is 7.28. The van der Waals surface area contributed by atoms with E-state index in [-0.39, 0.29) is 5.78 Å². The number of rotatable bonds is 2. The van der Waals surface area contributed by atoms with Crippen molar-refractivity contribution in [1.82, 2.24) is 5.32 Å². The first-order chi connectivity index (χ1) is 12.8. The van der Waals surface area contributed by atoms with Gasteiger partial charge in [-0.25, -0.2) is 0 Å². The van der Waals surface area contributed by atoms with Crippen molar-refractivity contribution in [2.75, 3.05) is 13.1 Å². The zero-order chi connectivity index (χ0) is 19.7. The number of hydrogen-bond donors (Lipinski definition) is 3. The monoisotopic (exact) mass is 363 g/mol. The Morgan fingerprint density at radius 3 is 1.41 bits per heavy atom. The van der Waals surface area contributed by atoms with Crippen LogP contribution in [0.5, 0.6) is 11.5 Å². The number of benzene rings is 2. The maximum Gasteiger partial charge on any atom is 0.187 e. The summed E-state index contributed by atoms with van der Waals surface area (Å²) >= 11 is 0. The molecule has 1 aliphatic rings. The van der Waals surface area contributed by atoms with Crippen molar-refractivity contribution in [3.63, 3.8) is 0 Å². The lowest BCUT2D eigenvalue weighted by molar-refractivity contribution is -0.112. The summed E-state index contributed by atoms with van der Waals surface area (Å²) < 4.78 is 0. The number of phenols is 2. The molecule has 0 aliphatic carbocycles. The van der Waals surface area contributed by atoms with Crippen molar-refractivity contribution in [3.8, 4) is 11.5 Å². The molecule has 2 aromatic rings. The topological polar surface area (TPSA) is 69.6 Å². The van der Waals surface area contributed by atoms with Crippen molar-refractivity contribution in [2.45, 2.75) is 27.7 Å². The third kappa shape index (κ3) is 3.96. The zero-order valence-electron chi connectivity index (χ0n) is 16.2.